The largest absolute Gasteiger partial charge is 0.507 e. The number of phenolic OH excluding ortho intramolecular Hbond substituents is 1. The fourth-order valence-corrected chi connectivity index (χ4v) is 7.96. The van der Waals surface area contributed by atoms with Crippen molar-refractivity contribution in [3.8, 4) is 67.5 Å². The molecule has 0 spiro atoms. The van der Waals surface area contributed by atoms with E-state index in [-0.39, 0.29) is 37.6 Å². The van der Waals surface area contributed by atoms with E-state index in [1.54, 1.807) is 6.07 Å². The third kappa shape index (κ3) is 5.81. The molecule has 2 aromatic heterocycles. The van der Waals surface area contributed by atoms with E-state index in [9.17, 15) is 5.11 Å². The van der Waals surface area contributed by atoms with E-state index >= 15 is 0 Å². The Balaban J connectivity index is 0.00000413. The Morgan fingerprint density at radius 2 is 1.31 bits per heavy atom. The first-order chi connectivity index (χ1) is 25.6. The monoisotopic (exact) mass is 881 g/mol. The number of imidazole rings is 1. The fraction of sp³-hybridized carbons (Fsp3) is 0.143. The van der Waals surface area contributed by atoms with Crippen LogP contribution in [0, 0.1) is 6.07 Å². The third-order valence-corrected chi connectivity index (χ3v) is 10.8. The quantitative estimate of drug-likeness (QED) is 0.175. The molecule has 268 valence electrons. The van der Waals surface area contributed by atoms with Crippen molar-refractivity contribution in [1.82, 2.24) is 14.5 Å². The van der Waals surface area contributed by atoms with Crippen molar-refractivity contribution in [2.75, 3.05) is 0 Å². The minimum absolute atomic E-state index is 0. The number of hydrogen-bond acceptors (Lipinski definition) is 3. The van der Waals surface area contributed by atoms with Crippen LogP contribution in [0.3, 0.4) is 0 Å². The minimum atomic E-state index is -0.101. The van der Waals surface area contributed by atoms with E-state index in [2.05, 4.69) is 154 Å². The fourth-order valence-electron chi connectivity index (χ4n) is 7.96. The molecule has 0 bridgehead atoms. The number of pyridine rings is 1. The molecule has 1 N–H and O–H groups in total. The van der Waals surface area contributed by atoms with Crippen molar-refractivity contribution < 1.29 is 26.2 Å². The summed E-state index contributed by atoms with van der Waals surface area (Å²) in [6.45, 7) is 11.3. The van der Waals surface area contributed by atoms with E-state index < -0.39 is 0 Å². The maximum Gasteiger partial charge on any atom is 0.148 e. The summed E-state index contributed by atoms with van der Waals surface area (Å²) < 4.78 is 2.20. The Morgan fingerprint density at radius 3 is 2.09 bits per heavy atom. The summed E-state index contributed by atoms with van der Waals surface area (Å²) in [6.07, 6.45) is 2.04. The molecular formula is C49H40N3OPt-. The van der Waals surface area contributed by atoms with Gasteiger partial charge in [0.15, 0.2) is 0 Å². The molecule has 4 nitrogen and oxygen atoms in total. The van der Waals surface area contributed by atoms with Crippen molar-refractivity contribution in [3.63, 3.8) is 0 Å². The van der Waals surface area contributed by atoms with Crippen LogP contribution in [-0.2, 0) is 31.9 Å². The van der Waals surface area contributed by atoms with Crippen LogP contribution in [-0.4, -0.2) is 19.6 Å². The summed E-state index contributed by atoms with van der Waals surface area (Å²) >= 11 is 0. The van der Waals surface area contributed by atoms with Gasteiger partial charge in [0.05, 0.1) is 22.3 Å². The first-order valence-corrected chi connectivity index (χ1v) is 18.2. The summed E-state index contributed by atoms with van der Waals surface area (Å²) in [4.78, 5) is 10.3. The normalized spacial score (nSPS) is 13.0. The van der Waals surface area contributed by atoms with Crippen molar-refractivity contribution in [2.24, 2.45) is 0 Å². The number of nitrogens with zero attached hydrogens (tertiary/aromatic N) is 3. The standard InChI is InChI=1S/C49H40N3O.Pt/c1-48(2,3)34-25-26-43(38(28-34)31-15-7-6-8-16-31)52-44-23-14-21-35(46(44)51-47(52)37-20-10-12-24-45(37)53)32-17-13-18-33(27-32)42-29-39-36-19-9-11-22-40(36)49(4,5)41(39)30-50-42;/h6-26,28-30,53H,1-5H3;/q-1;. The number of para-hydroxylation sites is 2. The molecule has 5 heteroatoms. The number of hydrogen-bond donors (Lipinski definition) is 1. The topological polar surface area (TPSA) is 50.9 Å². The van der Waals surface area contributed by atoms with Gasteiger partial charge in [0.2, 0.25) is 0 Å². The van der Waals surface area contributed by atoms with Gasteiger partial charge < -0.3 is 5.11 Å². The molecule has 0 aliphatic heterocycles. The van der Waals surface area contributed by atoms with Gasteiger partial charge in [-0.15, -0.1) is 29.8 Å². The summed E-state index contributed by atoms with van der Waals surface area (Å²) in [7, 11) is 0. The van der Waals surface area contributed by atoms with Crippen LogP contribution in [0.15, 0.2) is 146 Å². The second-order valence-electron chi connectivity index (χ2n) is 15.6. The van der Waals surface area contributed by atoms with Crippen LogP contribution in [0.25, 0.3) is 72.7 Å². The summed E-state index contributed by atoms with van der Waals surface area (Å²) in [6, 6.07) is 51.9. The minimum Gasteiger partial charge on any atom is -0.507 e. The summed E-state index contributed by atoms with van der Waals surface area (Å²) in [5, 5.41) is 11.2. The predicted octanol–water partition coefficient (Wildman–Crippen LogP) is 12.2. The Bertz CT molecular complexity index is 2700. The van der Waals surface area contributed by atoms with Gasteiger partial charge in [-0.2, -0.15) is 0 Å². The number of phenols is 1. The van der Waals surface area contributed by atoms with Crippen LogP contribution in [0.4, 0.5) is 0 Å². The zero-order chi connectivity index (χ0) is 36.5. The number of fused-ring (bicyclic) bond motifs is 4. The molecule has 0 saturated carbocycles. The van der Waals surface area contributed by atoms with E-state index in [4.69, 9.17) is 9.97 Å². The van der Waals surface area contributed by atoms with E-state index in [1.807, 2.05) is 30.5 Å². The number of aromatic nitrogens is 3. The number of aromatic hydroxyl groups is 1. The molecule has 1 aliphatic rings. The van der Waals surface area contributed by atoms with E-state index in [0.717, 1.165) is 50.2 Å². The van der Waals surface area contributed by atoms with Crippen LogP contribution >= 0.6 is 0 Å². The first kappa shape index (κ1) is 35.5. The number of rotatable bonds is 5. The Hall–Kier alpha value is -5.57. The average molecular weight is 882 g/mol. The second-order valence-corrected chi connectivity index (χ2v) is 15.6. The molecule has 0 unspecified atom stereocenters. The zero-order valence-electron chi connectivity index (χ0n) is 31.0. The van der Waals surface area contributed by atoms with Crippen LogP contribution in [0.1, 0.15) is 51.3 Å². The summed E-state index contributed by atoms with van der Waals surface area (Å²) in [5.74, 6) is 0.850. The van der Waals surface area contributed by atoms with Gasteiger partial charge in [-0.3, -0.25) is 9.55 Å². The second kappa shape index (κ2) is 13.4. The molecule has 54 heavy (non-hydrogen) atoms. The molecular weight excluding hydrogens is 842 g/mol. The molecule has 1 aliphatic carbocycles. The SMILES string of the molecule is CC(C)(C)c1ccc(-n2c(-c3ccccc3O)nc3c(-c4[c-]c(-c5cc6c(cn5)C(C)(C)c5ccccc5-6)ccc4)cccc32)c(-c2ccccc2)c1.[Pt]. The van der Waals surface area contributed by atoms with Crippen LogP contribution < -0.4 is 0 Å². The Kier molecular flexibility index (Phi) is 8.78. The molecule has 0 amide bonds. The maximum absolute atomic E-state index is 11.2. The molecule has 6 aromatic carbocycles. The van der Waals surface area contributed by atoms with E-state index in [1.165, 1.54) is 27.8 Å². The smallest absolute Gasteiger partial charge is 0.148 e. The van der Waals surface area contributed by atoms with Gasteiger partial charge >= 0.3 is 0 Å². The number of benzene rings is 6. The molecule has 0 saturated heterocycles. The first-order valence-electron chi connectivity index (χ1n) is 18.2. The van der Waals surface area contributed by atoms with Crippen molar-refractivity contribution in [1.29, 1.82) is 0 Å². The Morgan fingerprint density at radius 1 is 0.630 bits per heavy atom. The third-order valence-electron chi connectivity index (χ3n) is 10.8. The Labute approximate surface area is 331 Å². The molecule has 2 heterocycles. The zero-order valence-corrected chi connectivity index (χ0v) is 33.2. The van der Waals surface area contributed by atoms with Crippen LogP contribution in [0.5, 0.6) is 5.75 Å². The van der Waals surface area contributed by atoms with E-state index in [0.29, 0.717) is 11.4 Å². The van der Waals surface area contributed by atoms with Crippen molar-refractivity contribution in [3.05, 3.63) is 168 Å². The molecule has 9 rings (SSSR count). The molecule has 0 fully saturated rings. The molecule has 8 aromatic rings. The van der Waals surface area contributed by atoms with Gasteiger partial charge in [0.25, 0.3) is 0 Å². The predicted molar refractivity (Wildman–Crippen MR) is 217 cm³/mol. The molecule has 0 atom stereocenters. The van der Waals surface area contributed by atoms with Gasteiger partial charge in [-0.1, -0.05) is 137 Å². The van der Waals surface area contributed by atoms with Gasteiger partial charge in [-0.05, 0) is 69.1 Å². The summed E-state index contributed by atoms with van der Waals surface area (Å²) in [5.41, 5.74) is 15.5. The molecule has 0 radical (unpaired) electrons. The van der Waals surface area contributed by atoms with Crippen molar-refractivity contribution >= 4 is 11.0 Å². The van der Waals surface area contributed by atoms with Gasteiger partial charge in [0, 0.05) is 43.9 Å². The van der Waals surface area contributed by atoms with Crippen LogP contribution in [0.2, 0.25) is 0 Å². The van der Waals surface area contributed by atoms with Gasteiger partial charge in [-0.25, -0.2) is 4.98 Å². The average Bonchev–Trinajstić information content (AvgIpc) is 3.67. The van der Waals surface area contributed by atoms with Crippen molar-refractivity contribution in [2.45, 2.75) is 45.4 Å². The maximum atomic E-state index is 11.2. The van der Waals surface area contributed by atoms with Gasteiger partial charge in [0.1, 0.15) is 11.6 Å².